The van der Waals surface area contributed by atoms with Crippen LogP contribution in [-0.2, 0) is 16.3 Å². The van der Waals surface area contributed by atoms with Crippen molar-refractivity contribution in [3.8, 4) is 0 Å². The summed E-state index contributed by atoms with van der Waals surface area (Å²) in [5, 5.41) is 2.69. The number of aryl methyl sites for hydroxylation is 1. The summed E-state index contributed by atoms with van der Waals surface area (Å²) in [6.45, 7) is 3.85. The first-order valence-electron chi connectivity index (χ1n) is 5.34. The van der Waals surface area contributed by atoms with E-state index in [4.69, 9.17) is 0 Å². The smallest absolute Gasteiger partial charge is 0.151 e. The highest BCUT2D eigenvalue weighted by Crippen LogP contribution is 2.28. The largest absolute Gasteiger partial charge is 0.311 e. The molecular weight excluding hydrogens is 242 g/mol. The average Bonchev–Trinajstić information content (AvgIpc) is 2.66. The van der Waals surface area contributed by atoms with Crippen LogP contribution in [0.4, 0.5) is 0 Å². The first-order chi connectivity index (χ1) is 7.40. The Hall–Kier alpha value is -0.390. The van der Waals surface area contributed by atoms with Crippen molar-refractivity contribution in [3.05, 3.63) is 21.9 Å². The first-order valence-corrected chi connectivity index (χ1v) is 8.12. The van der Waals surface area contributed by atoms with Gasteiger partial charge in [0.15, 0.2) is 9.84 Å². The molecule has 0 bridgehead atoms. The van der Waals surface area contributed by atoms with Gasteiger partial charge in [0.1, 0.15) is 0 Å². The van der Waals surface area contributed by atoms with Gasteiger partial charge in [0.05, 0.1) is 11.3 Å². The van der Waals surface area contributed by atoms with Crippen LogP contribution in [0.2, 0.25) is 0 Å². The molecule has 2 atom stereocenters. The van der Waals surface area contributed by atoms with Gasteiger partial charge in [0.2, 0.25) is 0 Å². The van der Waals surface area contributed by atoms with E-state index in [1.165, 1.54) is 11.1 Å². The maximum atomic E-state index is 11.5. The highest BCUT2D eigenvalue weighted by Gasteiger charge is 2.26. The number of hydrogen-bond acceptors (Lipinski definition) is 4. The first kappa shape index (κ1) is 13.7. The Morgan fingerprint density at radius 1 is 1.44 bits per heavy atom. The molecule has 1 aromatic heterocycles. The maximum absolute atomic E-state index is 11.5. The van der Waals surface area contributed by atoms with Crippen molar-refractivity contribution in [1.29, 1.82) is 0 Å². The molecule has 0 amide bonds. The van der Waals surface area contributed by atoms with Gasteiger partial charge in [-0.05, 0) is 32.5 Å². The SMILES string of the molecule is CCc1ccc(C(NC)C(C)S(C)(=O)=O)s1. The topological polar surface area (TPSA) is 46.2 Å². The Morgan fingerprint density at radius 3 is 2.44 bits per heavy atom. The Bertz CT molecular complexity index is 437. The quantitative estimate of drug-likeness (QED) is 0.882. The van der Waals surface area contributed by atoms with Gasteiger partial charge in [0.25, 0.3) is 0 Å². The zero-order valence-electron chi connectivity index (χ0n) is 10.1. The van der Waals surface area contributed by atoms with E-state index in [1.807, 2.05) is 6.07 Å². The lowest BCUT2D eigenvalue weighted by molar-refractivity contribution is 0.540. The van der Waals surface area contributed by atoms with Crippen LogP contribution >= 0.6 is 11.3 Å². The molecular formula is C11H19NO2S2. The Labute approximate surface area is 102 Å². The summed E-state index contributed by atoms with van der Waals surface area (Å²) in [5.41, 5.74) is 0. The van der Waals surface area contributed by atoms with Crippen LogP contribution in [0.1, 0.15) is 29.6 Å². The Balaban J connectivity index is 2.98. The second kappa shape index (κ2) is 5.29. The lowest BCUT2D eigenvalue weighted by atomic mass is 10.2. The summed E-state index contributed by atoms with van der Waals surface area (Å²) in [7, 11) is -1.21. The molecule has 92 valence electrons. The molecule has 0 fully saturated rings. The molecule has 0 aliphatic carbocycles. The lowest BCUT2D eigenvalue weighted by Gasteiger charge is -2.20. The van der Waals surface area contributed by atoms with Crippen molar-refractivity contribution in [2.45, 2.75) is 31.6 Å². The van der Waals surface area contributed by atoms with Crippen molar-refractivity contribution < 1.29 is 8.42 Å². The minimum Gasteiger partial charge on any atom is -0.311 e. The Kier molecular flexibility index (Phi) is 4.52. The molecule has 0 aliphatic rings. The van der Waals surface area contributed by atoms with Gasteiger partial charge in [-0.25, -0.2) is 8.42 Å². The Morgan fingerprint density at radius 2 is 2.06 bits per heavy atom. The number of thiophene rings is 1. The lowest BCUT2D eigenvalue weighted by Crippen LogP contribution is -2.32. The summed E-state index contributed by atoms with van der Waals surface area (Å²) in [6.07, 6.45) is 2.28. The van der Waals surface area contributed by atoms with Gasteiger partial charge < -0.3 is 5.32 Å². The normalized spacial score (nSPS) is 16.0. The van der Waals surface area contributed by atoms with E-state index in [1.54, 1.807) is 25.3 Å². The van der Waals surface area contributed by atoms with Gasteiger partial charge in [-0.1, -0.05) is 6.92 Å². The van der Waals surface area contributed by atoms with Crippen LogP contribution in [0.25, 0.3) is 0 Å². The van der Waals surface area contributed by atoms with E-state index in [9.17, 15) is 8.42 Å². The third-order valence-corrected chi connectivity index (χ3v) is 5.73. The van der Waals surface area contributed by atoms with Crippen molar-refractivity contribution in [3.63, 3.8) is 0 Å². The van der Waals surface area contributed by atoms with E-state index in [0.717, 1.165) is 11.3 Å². The molecule has 1 heterocycles. The van der Waals surface area contributed by atoms with Crippen molar-refractivity contribution in [1.82, 2.24) is 5.32 Å². The molecule has 0 saturated heterocycles. The summed E-state index contributed by atoms with van der Waals surface area (Å²) in [5.74, 6) is 0. The highest BCUT2D eigenvalue weighted by atomic mass is 32.2. The van der Waals surface area contributed by atoms with E-state index >= 15 is 0 Å². The fourth-order valence-electron chi connectivity index (χ4n) is 1.61. The fourth-order valence-corrected chi connectivity index (χ4v) is 3.64. The summed E-state index contributed by atoms with van der Waals surface area (Å²) < 4.78 is 23.1. The molecule has 1 aromatic rings. The number of hydrogen-bond donors (Lipinski definition) is 1. The molecule has 16 heavy (non-hydrogen) atoms. The number of nitrogens with one attached hydrogen (secondary N) is 1. The second-order valence-electron chi connectivity index (χ2n) is 3.96. The van der Waals surface area contributed by atoms with Crippen LogP contribution in [0, 0.1) is 0 Å². The zero-order chi connectivity index (χ0) is 12.3. The molecule has 0 saturated carbocycles. The molecule has 2 unspecified atom stereocenters. The van der Waals surface area contributed by atoms with Crippen LogP contribution < -0.4 is 5.32 Å². The van der Waals surface area contributed by atoms with E-state index in [2.05, 4.69) is 18.3 Å². The molecule has 1 rings (SSSR count). The second-order valence-corrected chi connectivity index (χ2v) is 7.56. The van der Waals surface area contributed by atoms with Crippen LogP contribution in [-0.4, -0.2) is 27.0 Å². The molecule has 0 spiro atoms. The van der Waals surface area contributed by atoms with Gasteiger partial charge in [-0.2, -0.15) is 0 Å². The molecule has 1 N–H and O–H groups in total. The van der Waals surface area contributed by atoms with Gasteiger partial charge in [0, 0.05) is 16.0 Å². The number of sulfone groups is 1. The summed E-state index contributed by atoms with van der Waals surface area (Å²) in [6, 6.07) is 3.98. The average molecular weight is 261 g/mol. The zero-order valence-corrected chi connectivity index (χ0v) is 11.8. The fraction of sp³-hybridized carbons (Fsp3) is 0.636. The van der Waals surface area contributed by atoms with Crippen molar-refractivity contribution in [2.24, 2.45) is 0 Å². The van der Waals surface area contributed by atoms with Crippen LogP contribution in [0.5, 0.6) is 0 Å². The molecule has 0 aromatic carbocycles. The van der Waals surface area contributed by atoms with E-state index in [0.29, 0.717) is 0 Å². The van der Waals surface area contributed by atoms with Gasteiger partial charge in [-0.15, -0.1) is 11.3 Å². The van der Waals surface area contributed by atoms with Crippen LogP contribution in [0.3, 0.4) is 0 Å². The predicted molar refractivity (Wildman–Crippen MR) is 69.8 cm³/mol. The van der Waals surface area contributed by atoms with E-state index < -0.39 is 15.1 Å². The van der Waals surface area contributed by atoms with Crippen molar-refractivity contribution >= 4 is 21.2 Å². The van der Waals surface area contributed by atoms with Crippen LogP contribution in [0.15, 0.2) is 12.1 Å². The van der Waals surface area contributed by atoms with Gasteiger partial charge in [-0.3, -0.25) is 0 Å². The molecule has 3 nitrogen and oxygen atoms in total. The third-order valence-electron chi connectivity index (χ3n) is 2.79. The minimum absolute atomic E-state index is 0.111. The standard InChI is InChI=1S/C11H19NO2S2/c1-5-9-6-7-10(15-9)11(12-3)8(2)16(4,13)14/h6-8,11-12H,5H2,1-4H3. The number of rotatable bonds is 5. The third kappa shape index (κ3) is 3.06. The molecule has 5 heteroatoms. The van der Waals surface area contributed by atoms with Crippen molar-refractivity contribution in [2.75, 3.05) is 13.3 Å². The predicted octanol–water partition coefficient (Wildman–Crippen LogP) is 2.00. The summed E-state index contributed by atoms with van der Waals surface area (Å²) >= 11 is 1.68. The maximum Gasteiger partial charge on any atom is 0.151 e. The van der Waals surface area contributed by atoms with E-state index in [-0.39, 0.29) is 6.04 Å². The molecule has 0 radical (unpaired) electrons. The van der Waals surface area contributed by atoms with Gasteiger partial charge >= 0.3 is 0 Å². The minimum atomic E-state index is -3.02. The highest BCUT2D eigenvalue weighted by molar-refractivity contribution is 7.91. The molecule has 0 aliphatic heterocycles. The monoisotopic (exact) mass is 261 g/mol. The summed E-state index contributed by atoms with van der Waals surface area (Å²) in [4.78, 5) is 2.38.